The van der Waals surface area contributed by atoms with E-state index in [0.29, 0.717) is 12.5 Å². The number of benzene rings is 1. The Labute approximate surface area is 108 Å². The van der Waals surface area contributed by atoms with Gasteiger partial charge in [-0.1, -0.05) is 31.0 Å². The minimum atomic E-state index is 0.513. The van der Waals surface area contributed by atoms with E-state index in [1.54, 1.807) is 0 Å². The summed E-state index contributed by atoms with van der Waals surface area (Å²) in [6, 6.07) is 12.5. The summed E-state index contributed by atoms with van der Waals surface area (Å²) in [5.74, 6) is 0.651. The van der Waals surface area contributed by atoms with Gasteiger partial charge >= 0.3 is 0 Å². The van der Waals surface area contributed by atoms with Crippen LogP contribution in [0.1, 0.15) is 43.0 Å². The first-order valence-electron chi connectivity index (χ1n) is 6.73. The van der Waals surface area contributed by atoms with Crippen LogP contribution in [-0.2, 0) is 6.54 Å². The molecule has 1 aromatic carbocycles. The van der Waals surface area contributed by atoms with E-state index in [1.165, 1.54) is 31.4 Å². The molecule has 1 aliphatic carbocycles. The van der Waals surface area contributed by atoms with Crippen molar-refractivity contribution in [2.45, 2.75) is 38.1 Å². The van der Waals surface area contributed by atoms with Crippen molar-refractivity contribution in [3.8, 4) is 5.69 Å². The third kappa shape index (κ3) is 2.06. The fourth-order valence-electron chi connectivity index (χ4n) is 2.84. The van der Waals surface area contributed by atoms with E-state index in [-0.39, 0.29) is 0 Å². The number of nitrogens with zero attached hydrogens (tertiary/aromatic N) is 2. The average Bonchev–Trinajstić information content (AvgIpc) is 3.08. The summed E-state index contributed by atoms with van der Waals surface area (Å²) in [6.07, 6.45) is 5.23. The minimum Gasteiger partial charge on any atom is -0.325 e. The van der Waals surface area contributed by atoms with Crippen molar-refractivity contribution in [3.05, 3.63) is 47.8 Å². The SMILES string of the molecule is NCc1cc(C2CCCC2)n(-c2ccccc2)n1. The van der Waals surface area contributed by atoms with Crippen molar-refractivity contribution in [2.75, 3.05) is 0 Å². The van der Waals surface area contributed by atoms with Crippen LogP contribution in [0, 0.1) is 0 Å². The number of hydrogen-bond donors (Lipinski definition) is 1. The standard InChI is InChI=1S/C15H19N3/c16-11-13-10-15(12-6-4-5-7-12)18(17-13)14-8-2-1-3-9-14/h1-3,8-10,12H,4-7,11,16H2. The monoisotopic (exact) mass is 241 g/mol. The third-order valence-electron chi connectivity index (χ3n) is 3.77. The second-order valence-electron chi connectivity index (χ2n) is 4.99. The lowest BCUT2D eigenvalue weighted by Gasteiger charge is -2.12. The van der Waals surface area contributed by atoms with Crippen LogP contribution in [0.4, 0.5) is 0 Å². The molecule has 0 radical (unpaired) electrons. The van der Waals surface area contributed by atoms with Gasteiger partial charge in [-0.3, -0.25) is 0 Å². The van der Waals surface area contributed by atoms with E-state index >= 15 is 0 Å². The highest BCUT2D eigenvalue weighted by molar-refractivity contribution is 5.34. The maximum Gasteiger partial charge on any atom is 0.0767 e. The smallest absolute Gasteiger partial charge is 0.0767 e. The number of aromatic nitrogens is 2. The van der Waals surface area contributed by atoms with Crippen molar-refractivity contribution >= 4 is 0 Å². The van der Waals surface area contributed by atoms with Crippen LogP contribution in [0.25, 0.3) is 5.69 Å². The van der Waals surface area contributed by atoms with Crippen molar-refractivity contribution < 1.29 is 0 Å². The van der Waals surface area contributed by atoms with Gasteiger partial charge in [0, 0.05) is 18.2 Å². The first-order valence-corrected chi connectivity index (χ1v) is 6.73. The topological polar surface area (TPSA) is 43.8 Å². The van der Waals surface area contributed by atoms with Crippen LogP contribution in [0.15, 0.2) is 36.4 Å². The first-order chi connectivity index (χ1) is 8.88. The van der Waals surface area contributed by atoms with Crippen molar-refractivity contribution in [2.24, 2.45) is 5.73 Å². The van der Waals surface area contributed by atoms with Gasteiger partial charge in [-0.15, -0.1) is 0 Å². The van der Waals surface area contributed by atoms with Gasteiger partial charge in [-0.25, -0.2) is 4.68 Å². The van der Waals surface area contributed by atoms with Crippen LogP contribution >= 0.6 is 0 Å². The predicted octanol–water partition coefficient (Wildman–Crippen LogP) is 2.99. The molecule has 0 unspecified atom stereocenters. The molecule has 1 fully saturated rings. The molecule has 2 N–H and O–H groups in total. The van der Waals surface area contributed by atoms with Gasteiger partial charge in [0.25, 0.3) is 0 Å². The molecule has 0 bridgehead atoms. The maximum atomic E-state index is 5.73. The summed E-state index contributed by atoms with van der Waals surface area (Å²) in [5, 5.41) is 4.64. The fraction of sp³-hybridized carbons (Fsp3) is 0.400. The Kier molecular flexibility index (Phi) is 3.15. The number of hydrogen-bond acceptors (Lipinski definition) is 2. The second-order valence-corrected chi connectivity index (χ2v) is 4.99. The summed E-state index contributed by atoms with van der Waals surface area (Å²) in [6.45, 7) is 0.513. The molecule has 3 rings (SSSR count). The van der Waals surface area contributed by atoms with Crippen molar-refractivity contribution in [1.82, 2.24) is 9.78 Å². The molecule has 1 aromatic heterocycles. The van der Waals surface area contributed by atoms with E-state index in [1.807, 2.05) is 6.07 Å². The van der Waals surface area contributed by atoms with Crippen LogP contribution in [0.5, 0.6) is 0 Å². The molecule has 18 heavy (non-hydrogen) atoms. The van der Waals surface area contributed by atoms with E-state index in [2.05, 4.69) is 40.1 Å². The van der Waals surface area contributed by atoms with Gasteiger partial charge in [0.05, 0.1) is 11.4 Å². The number of rotatable bonds is 3. The molecular formula is C15H19N3. The molecule has 94 valence electrons. The molecule has 1 aliphatic rings. The van der Waals surface area contributed by atoms with E-state index in [0.717, 1.165) is 11.4 Å². The summed E-state index contributed by atoms with van der Waals surface area (Å²) in [5.41, 5.74) is 9.19. The Hall–Kier alpha value is -1.61. The van der Waals surface area contributed by atoms with E-state index in [9.17, 15) is 0 Å². The highest BCUT2D eigenvalue weighted by Gasteiger charge is 2.22. The molecule has 0 spiro atoms. The second kappa shape index (κ2) is 4.94. The van der Waals surface area contributed by atoms with E-state index < -0.39 is 0 Å². The van der Waals surface area contributed by atoms with Gasteiger partial charge < -0.3 is 5.73 Å². The molecule has 0 amide bonds. The Morgan fingerprint density at radius 2 is 1.89 bits per heavy atom. The first kappa shape index (κ1) is 11.5. The van der Waals surface area contributed by atoms with Crippen molar-refractivity contribution in [3.63, 3.8) is 0 Å². The highest BCUT2D eigenvalue weighted by Crippen LogP contribution is 2.35. The molecule has 0 aliphatic heterocycles. The quantitative estimate of drug-likeness (QED) is 0.897. The Morgan fingerprint density at radius 3 is 2.56 bits per heavy atom. The zero-order valence-electron chi connectivity index (χ0n) is 10.5. The van der Waals surface area contributed by atoms with Gasteiger partial charge in [-0.2, -0.15) is 5.10 Å². The lowest BCUT2D eigenvalue weighted by atomic mass is 10.0. The maximum absolute atomic E-state index is 5.73. The third-order valence-corrected chi connectivity index (χ3v) is 3.77. The average molecular weight is 241 g/mol. The summed E-state index contributed by atoms with van der Waals surface area (Å²) in [4.78, 5) is 0. The lowest BCUT2D eigenvalue weighted by Crippen LogP contribution is -2.05. The highest BCUT2D eigenvalue weighted by atomic mass is 15.3. The van der Waals surface area contributed by atoms with Crippen LogP contribution in [0.2, 0.25) is 0 Å². The number of para-hydroxylation sites is 1. The summed E-state index contributed by atoms with van der Waals surface area (Å²) < 4.78 is 2.08. The van der Waals surface area contributed by atoms with E-state index in [4.69, 9.17) is 5.73 Å². The van der Waals surface area contributed by atoms with Gasteiger partial charge in [0.1, 0.15) is 0 Å². The molecular weight excluding hydrogens is 222 g/mol. The largest absolute Gasteiger partial charge is 0.325 e. The van der Waals surface area contributed by atoms with Gasteiger partial charge in [-0.05, 0) is 31.0 Å². The molecule has 1 saturated carbocycles. The lowest BCUT2D eigenvalue weighted by molar-refractivity contribution is 0.653. The molecule has 3 nitrogen and oxygen atoms in total. The Bertz CT molecular complexity index is 510. The minimum absolute atomic E-state index is 0.513. The normalized spacial score (nSPS) is 16.3. The Morgan fingerprint density at radius 1 is 1.17 bits per heavy atom. The molecule has 2 aromatic rings. The van der Waals surface area contributed by atoms with Gasteiger partial charge in [0.2, 0.25) is 0 Å². The fourth-order valence-corrected chi connectivity index (χ4v) is 2.84. The molecule has 0 saturated heterocycles. The summed E-state index contributed by atoms with van der Waals surface area (Å²) in [7, 11) is 0. The summed E-state index contributed by atoms with van der Waals surface area (Å²) >= 11 is 0. The zero-order valence-corrected chi connectivity index (χ0v) is 10.5. The number of nitrogens with two attached hydrogens (primary N) is 1. The van der Waals surface area contributed by atoms with Crippen molar-refractivity contribution in [1.29, 1.82) is 0 Å². The Balaban J connectivity index is 2.04. The van der Waals surface area contributed by atoms with Crippen LogP contribution in [-0.4, -0.2) is 9.78 Å². The molecule has 1 heterocycles. The zero-order chi connectivity index (χ0) is 12.4. The van der Waals surface area contributed by atoms with Crippen LogP contribution in [0.3, 0.4) is 0 Å². The van der Waals surface area contributed by atoms with Crippen LogP contribution < -0.4 is 5.73 Å². The molecule has 0 atom stereocenters. The molecule has 3 heteroatoms. The predicted molar refractivity (Wildman–Crippen MR) is 72.7 cm³/mol. The van der Waals surface area contributed by atoms with Gasteiger partial charge in [0.15, 0.2) is 0 Å².